The number of piperidine rings is 1. The first-order chi connectivity index (χ1) is 12.6. The van der Waals surface area contributed by atoms with Crippen molar-refractivity contribution in [2.45, 2.75) is 38.1 Å². The molecule has 4 nitrogen and oxygen atoms in total. The lowest BCUT2D eigenvalue weighted by Crippen LogP contribution is -2.40. The SMILES string of the molecule is CC(=O)NC(CC(=O)N1CCC(c2ccccc2)CC1)c1ccccc1. The third kappa shape index (κ3) is 4.72. The minimum absolute atomic E-state index is 0.110. The first-order valence-electron chi connectivity index (χ1n) is 9.28. The van der Waals surface area contributed by atoms with Gasteiger partial charge >= 0.3 is 0 Å². The zero-order chi connectivity index (χ0) is 18.4. The van der Waals surface area contributed by atoms with Crippen LogP contribution in [-0.2, 0) is 9.59 Å². The van der Waals surface area contributed by atoms with Crippen LogP contribution in [0.15, 0.2) is 60.7 Å². The zero-order valence-corrected chi connectivity index (χ0v) is 15.2. The molecule has 0 radical (unpaired) electrons. The Morgan fingerprint density at radius 1 is 1.00 bits per heavy atom. The van der Waals surface area contributed by atoms with Gasteiger partial charge in [0.05, 0.1) is 12.5 Å². The average molecular weight is 350 g/mol. The molecular weight excluding hydrogens is 324 g/mol. The number of carbonyl (C=O) groups is 2. The number of hydrogen-bond donors (Lipinski definition) is 1. The van der Waals surface area contributed by atoms with Gasteiger partial charge in [-0.1, -0.05) is 60.7 Å². The molecule has 1 fully saturated rings. The number of nitrogens with zero attached hydrogens (tertiary/aromatic N) is 1. The van der Waals surface area contributed by atoms with E-state index in [1.807, 2.05) is 41.3 Å². The van der Waals surface area contributed by atoms with Gasteiger partial charge in [-0.2, -0.15) is 0 Å². The van der Waals surface area contributed by atoms with Gasteiger partial charge in [0.2, 0.25) is 11.8 Å². The van der Waals surface area contributed by atoms with Gasteiger partial charge in [-0.25, -0.2) is 0 Å². The van der Waals surface area contributed by atoms with Gasteiger partial charge in [0.15, 0.2) is 0 Å². The highest BCUT2D eigenvalue weighted by Crippen LogP contribution is 2.28. The van der Waals surface area contributed by atoms with Gasteiger partial charge in [-0.05, 0) is 29.9 Å². The van der Waals surface area contributed by atoms with Crippen LogP contribution in [-0.4, -0.2) is 29.8 Å². The van der Waals surface area contributed by atoms with Crippen LogP contribution in [0.3, 0.4) is 0 Å². The predicted molar refractivity (Wildman–Crippen MR) is 103 cm³/mol. The monoisotopic (exact) mass is 350 g/mol. The molecule has 0 saturated carbocycles. The summed E-state index contributed by atoms with van der Waals surface area (Å²) in [6.45, 7) is 3.05. The van der Waals surface area contributed by atoms with E-state index in [0.717, 1.165) is 31.5 Å². The summed E-state index contributed by atoms with van der Waals surface area (Å²) in [6.07, 6.45) is 2.29. The van der Waals surface area contributed by atoms with Gasteiger partial charge in [0.25, 0.3) is 0 Å². The van der Waals surface area contributed by atoms with Gasteiger partial charge in [-0.15, -0.1) is 0 Å². The Bertz CT molecular complexity index is 722. The second kappa shape index (κ2) is 8.65. The summed E-state index contributed by atoms with van der Waals surface area (Å²) in [5.41, 5.74) is 2.33. The van der Waals surface area contributed by atoms with Crippen LogP contribution in [0.5, 0.6) is 0 Å². The molecule has 2 aromatic carbocycles. The smallest absolute Gasteiger partial charge is 0.224 e. The van der Waals surface area contributed by atoms with Crippen molar-refractivity contribution < 1.29 is 9.59 Å². The number of benzene rings is 2. The normalized spacial score (nSPS) is 16.1. The van der Waals surface area contributed by atoms with E-state index in [1.165, 1.54) is 12.5 Å². The second-order valence-electron chi connectivity index (χ2n) is 6.93. The van der Waals surface area contributed by atoms with Crippen LogP contribution in [0.1, 0.15) is 49.3 Å². The van der Waals surface area contributed by atoms with Crippen molar-refractivity contribution >= 4 is 11.8 Å². The molecule has 136 valence electrons. The van der Waals surface area contributed by atoms with E-state index < -0.39 is 0 Å². The summed E-state index contributed by atoms with van der Waals surface area (Å²) in [7, 11) is 0. The molecule has 1 aliphatic heterocycles. The summed E-state index contributed by atoms with van der Waals surface area (Å²) < 4.78 is 0. The summed E-state index contributed by atoms with van der Waals surface area (Å²) in [4.78, 5) is 26.3. The number of hydrogen-bond acceptors (Lipinski definition) is 2. The lowest BCUT2D eigenvalue weighted by molar-refractivity contribution is -0.133. The van der Waals surface area contributed by atoms with Crippen LogP contribution in [0, 0.1) is 0 Å². The summed E-state index contributed by atoms with van der Waals surface area (Å²) in [5, 5.41) is 2.91. The molecule has 1 heterocycles. The van der Waals surface area contributed by atoms with Crippen molar-refractivity contribution in [3.63, 3.8) is 0 Å². The highest BCUT2D eigenvalue weighted by molar-refractivity contribution is 5.79. The highest BCUT2D eigenvalue weighted by Gasteiger charge is 2.26. The molecule has 1 aliphatic rings. The van der Waals surface area contributed by atoms with Crippen molar-refractivity contribution in [3.8, 4) is 0 Å². The van der Waals surface area contributed by atoms with E-state index in [4.69, 9.17) is 0 Å². The molecule has 0 aliphatic carbocycles. The van der Waals surface area contributed by atoms with E-state index in [-0.39, 0.29) is 17.9 Å². The maximum absolute atomic E-state index is 12.8. The summed E-state index contributed by atoms with van der Waals surface area (Å²) in [5.74, 6) is 0.522. The third-order valence-corrected chi connectivity index (χ3v) is 5.08. The molecule has 1 N–H and O–H groups in total. The van der Waals surface area contributed by atoms with Gasteiger partial charge < -0.3 is 10.2 Å². The first-order valence-corrected chi connectivity index (χ1v) is 9.28. The summed E-state index contributed by atoms with van der Waals surface area (Å²) >= 11 is 0. The van der Waals surface area contributed by atoms with Crippen LogP contribution in [0.2, 0.25) is 0 Å². The topological polar surface area (TPSA) is 49.4 Å². The predicted octanol–water partition coefficient (Wildman–Crippen LogP) is 3.66. The number of nitrogens with one attached hydrogen (secondary N) is 1. The molecule has 2 aromatic rings. The van der Waals surface area contributed by atoms with E-state index in [2.05, 4.69) is 29.6 Å². The van der Waals surface area contributed by atoms with Crippen LogP contribution in [0.4, 0.5) is 0 Å². The van der Waals surface area contributed by atoms with Crippen molar-refractivity contribution in [2.75, 3.05) is 13.1 Å². The Labute approximate surface area is 155 Å². The number of rotatable bonds is 5. The number of amides is 2. The van der Waals surface area contributed by atoms with Gasteiger partial charge in [-0.3, -0.25) is 9.59 Å². The molecule has 1 unspecified atom stereocenters. The molecule has 0 spiro atoms. The maximum atomic E-state index is 12.8. The Balaban J connectivity index is 1.59. The standard InChI is InChI=1S/C22H26N2O2/c1-17(25)23-21(20-10-6-3-7-11-20)16-22(26)24-14-12-19(13-15-24)18-8-4-2-5-9-18/h2-11,19,21H,12-16H2,1H3,(H,23,25). The molecule has 2 amide bonds. The lowest BCUT2D eigenvalue weighted by Gasteiger charge is -2.33. The third-order valence-electron chi connectivity index (χ3n) is 5.08. The number of carbonyl (C=O) groups excluding carboxylic acids is 2. The molecule has 4 heteroatoms. The fourth-order valence-corrected chi connectivity index (χ4v) is 3.67. The van der Waals surface area contributed by atoms with E-state index >= 15 is 0 Å². The molecule has 3 rings (SSSR count). The van der Waals surface area contributed by atoms with E-state index in [9.17, 15) is 9.59 Å². The minimum Gasteiger partial charge on any atom is -0.349 e. The second-order valence-corrected chi connectivity index (χ2v) is 6.93. The highest BCUT2D eigenvalue weighted by atomic mass is 16.2. The van der Waals surface area contributed by atoms with Crippen molar-refractivity contribution in [1.82, 2.24) is 10.2 Å². The fraction of sp³-hybridized carbons (Fsp3) is 0.364. The van der Waals surface area contributed by atoms with Crippen molar-refractivity contribution in [3.05, 3.63) is 71.8 Å². The Kier molecular flexibility index (Phi) is 6.05. The molecule has 0 aromatic heterocycles. The molecule has 26 heavy (non-hydrogen) atoms. The van der Waals surface area contributed by atoms with Crippen LogP contribution >= 0.6 is 0 Å². The van der Waals surface area contributed by atoms with Crippen molar-refractivity contribution in [2.24, 2.45) is 0 Å². The number of likely N-dealkylation sites (tertiary alicyclic amines) is 1. The average Bonchev–Trinajstić information content (AvgIpc) is 2.68. The molecule has 0 bridgehead atoms. The molecule has 1 saturated heterocycles. The zero-order valence-electron chi connectivity index (χ0n) is 15.2. The minimum atomic E-state index is -0.270. The Morgan fingerprint density at radius 2 is 1.58 bits per heavy atom. The van der Waals surface area contributed by atoms with Gasteiger partial charge in [0.1, 0.15) is 0 Å². The first kappa shape index (κ1) is 18.2. The van der Waals surface area contributed by atoms with Crippen molar-refractivity contribution in [1.29, 1.82) is 0 Å². The van der Waals surface area contributed by atoms with Crippen LogP contribution in [0.25, 0.3) is 0 Å². The molecular formula is C22H26N2O2. The largest absolute Gasteiger partial charge is 0.349 e. The lowest BCUT2D eigenvalue weighted by atomic mass is 9.89. The Hall–Kier alpha value is -2.62. The quantitative estimate of drug-likeness (QED) is 0.895. The van der Waals surface area contributed by atoms with E-state index in [1.54, 1.807) is 0 Å². The summed E-state index contributed by atoms with van der Waals surface area (Å²) in [6, 6.07) is 20.0. The molecule has 1 atom stereocenters. The maximum Gasteiger partial charge on any atom is 0.224 e. The van der Waals surface area contributed by atoms with Gasteiger partial charge in [0, 0.05) is 20.0 Å². The van der Waals surface area contributed by atoms with E-state index in [0.29, 0.717) is 12.3 Å². The fourth-order valence-electron chi connectivity index (χ4n) is 3.67. The Morgan fingerprint density at radius 3 is 2.15 bits per heavy atom. The van der Waals surface area contributed by atoms with Crippen LogP contribution < -0.4 is 5.32 Å².